The highest BCUT2D eigenvalue weighted by molar-refractivity contribution is 7.85. The molecule has 1 saturated heterocycles. The molecule has 0 amide bonds. The Morgan fingerprint density at radius 2 is 1.57 bits per heavy atom. The van der Waals surface area contributed by atoms with Crippen molar-refractivity contribution in [3.8, 4) is 0 Å². The van der Waals surface area contributed by atoms with E-state index in [0.29, 0.717) is 17.6 Å². The van der Waals surface area contributed by atoms with E-state index in [-0.39, 0.29) is 11.5 Å². The molecular formula is C17H12F6O6S. The van der Waals surface area contributed by atoms with Crippen LogP contribution < -0.4 is 0 Å². The number of hydrogen-bond donors (Lipinski definition) is 1. The number of rotatable bonds is 5. The maximum absolute atomic E-state index is 13.4. The van der Waals surface area contributed by atoms with Gasteiger partial charge in [0.25, 0.3) is 10.1 Å². The number of carbonyl (C=O) groups is 1. The Balaban J connectivity index is 2.12. The van der Waals surface area contributed by atoms with Crippen LogP contribution >= 0.6 is 0 Å². The molecule has 1 atom stereocenters. The molecule has 0 bridgehead atoms. The lowest BCUT2D eigenvalue weighted by atomic mass is 9.98. The number of carbonyl (C=O) groups excluding carboxylic acids is 1. The highest BCUT2D eigenvalue weighted by Gasteiger charge is 2.76. The molecule has 1 N–H and O–H groups in total. The van der Waals surface area contributed by atoms with Crippen LogP contribution in [0.2, 0.25) is 0 Å². The average molecular weight is 458 g/mol. The first kappa shape index (κ1) is 22.3. The predicted molar refractivity (Wildman–Crippen MR) is 89.3 cm³/mol. The van der Waals surface area contributed by atoms with Crippen LogP contribution in [0, 0.1) is 0 Å². The van der Waals surface area contributed by atoms with Crippen molar-refractivity contribution < 1.29 is 53.6 Å². The second kappa shape index (κ2) is 7.10. The van der Waals surface area contributed by atoms with Crippen LogP contribution in [0.4, 0.5) is 26.3 Å². The van der Waals surface area contributed by atoms with Crippen LogP contribution in [-0.2, 0) is 19.6 Å². The van der Waals surface area contributed by atoms with Gasteiger partial charge in [0.05, 0.1) is 12.2 Å². The SMILES string of the molecule is O=C(OC(CS(=O)(=O)O)(C(F)(F)F)C(F)(F)F)c1cccc2c(C3CO3)cccc12. The second-order valence-corrected chi connectivity index (χ2v) is 7.96. The second-order valence-electron chi connectivity index (χ2n) is 6.51. The van der Waals surface area contributed by atoms with E-state index in [1.54, 1.807) is 6.07 Å². The lowest BCUT2D eigenvalue weighted by Gasteiger charge is -2.35. The van der Waals surface area contributed by atoms with Crippen LogP contribution in [0.3, 0.4) is 0 Å². The summed E-state index contributed by atoms with van der Waals surface area (Å²) in [7, 11) is -5.86. The number of hydrogen-bond acceptors (Lipinski definition) is 5. The molecule has 1 heterocycles. The van der Waals surface area contributed by atoms with Gasteiger partial charge in [-0.3, -0.25) is 4.55 Å². The molecule has 1 aliphatic rings. The van der Waals surface area contributed by atoms with E-state index in [0.717, 1.165) is 6.07 Å². The van der Waals surface area contributed by atoms with E-state index in [9.17, 15) is 39.6 Å². The minimum atomic E-state index is -6.39. The summed E-state index contributed by atoms with van der Waals surface area (Å²) in [5, 5.41) is 0.328. The zero-order valence-electron chi connectivity index (χ0n) is 14.6. The number of ether oxygens (including phenoxy) is 2. The first-order chi connectivity index (χ1) is 13.7. The molecule has 2 aromatic rings. The van der Waals surface area contributed by atoms with E-state index in [4.69, 9.17) is 9.29 Å². The number of halogens is 6. The van der Waals surface area contributed by atoms with Gasteiger partial charge in [-0.05, 0) is 22.4 Å². The van der Waals surface area contributed by atoms with Gasteiger partial charge in [-0.1, -0.05) is 30.3 Å². The summed E-state index contributed by atoms with van der Waals surface area (Å²) < 4.78 is 120. The minimum absolute atomic E-state index is 0.0133. The summed E-state index contributed by atoms with van der Waals surface area (Å²) in [6, 6.07) is 7.97. The third-order valence-electron chi connectivity index (χ3n) is 4.42. The van der Waals surface area contributed by atoms with Gasteiger partial charge in [-0.15, -0.1) is 0 Å². The van der Waals surface area contributed by atoms with Gasteiger partial charge in [-0.25, -0.2) is 4.79 Å². The lowest BCUT2D eigenvalue weighted by Crippen LogP contribution is -2.63. The van der Waals surface area contributed by atoms with Gasteiger partial charge in [0.1, 0.15) is 11.9 Å². The van der Waals surface area contributed by atoms with Gasteiger partial charge in [-0.2, -0.15) is 34.8 Å². The van der Waals surface area contributed by atoms with Gasteiger partial charge < -0.3 is 9.47 Å². The Hall–Kier alpha value is -2.38. The van der Waals surface area contributed by atoms with Gasteiger partial charge in [0.15, 0.2) is 0 Å². The first-order valence-corrected chi connectivity index (χ1v) is 9.72. The Bertz CT molecular complexity index is 1070. The third kappa shape index (κ3) is 4.09. The van der Waals surface area contributed by atoms with Crippen molar-refractivity contribution in [1.29, 1.82) is 0 Å². The van der Waals surface area contributed by atoms with Crippen LogP contribution in [0.25, 0.3) is 10.8 Å². The van der Waals surface area contributed by atoms with Gasteiger partial charge >= 0.3 is 23.9 Å². The molecule has 13 heteroatoms. The summed E-state index contributed by atoms with van der Waals surface area (Å²) >= 11 is 0. The number of esters is 1. The number of alkyl halides is 6. The zero-order chi connectivity index (χ0) is 22.5. The summed E-state index contributed by atoms with van der Waals surface area (Å²) in [6.07, 6.45) is -13.1. The van der Waals surface area contributed by atoms with Crippen molar-refractivity contribution in [2.24, 2.45) is 0 Å². The molecule has 2 aromatic carbocycles. The molecular weight excluding hydrogens is 446 g/mol. The summed E-state index contributed by atoms with van der Waals surface area (Å²) in [5.41, 5.74) is -5.55. The fraction of sp³-hybridized carbons (Fsp3) is 0.353. The summed E-state index contributed by atoms with van der Waals surface area (Å²) in [4.78, 5) is 12.4. The fourth-order valence-electron chi connectivity index (χ4n) is 2.96. The van der Waals surface area contributed by atoms with E-state index >= 15 is 0 Å². The van der Waals surface area contributed by atoms with Crippen molar-refractivity contribution in [2.75, 3.05) is 12.4 Å². The van der Waals surface area contributed by atoms with Gasteiger partial charge in [0, 0.05) is 0 Å². The molecule has 0 spiro atoms. The zero-order valence-corrected chi connectivity index (χ0v) is 15.4. The van der Waals surface area contributed by atoms with Crippen molar-refractivity contribution in [2.45, 2.75) is 24.1 Å². The average Bonchev–Trinajstić information content (AvgIpc) is 3.41. The van der Waals surface area contributed by atoms with Crippen molar-refractivity contribution >= 4 is 26.9 Å². The van der Waals surface area contributed by atoms with Crippen LogP contribution in [0.1, 0.15) is 22.0 Å². The highest BCUT2D eigenvalue weighted by Crippen LogP contribution is 2.47. The lowest BCUT2D eigenvalue weighted by molar-refractivity contribution is -0.356. The molecule has 0 radical (unpaired) electrons. The molecule has 1 aliphatic heterocycles. The van der Waals surface area contributed by atoms with E-state index in [2.05, 4.69) is 4.74 Å². The van der Waals surface area contributed by atoms with Crippen LogP contribution in [-0.4, -0.2) is 49.3 Å². The van der Waals surface area contributed by atoms with E-state index in [1.165, 1.54) is 24.3 Å². The van der Waals surface area contributed by atoms with Gasteiger partial charge in [0.2, 0.25) is 0 Å². The van der Waals surface area contributed by atoms with Crippen molar-refractivity contribution in [3.05, 3.63) is 47.5 Å². The van der Waals surface area contributed by atoms with Crippen molar-refractivity contribution in [1.82, 2.24) is 0 Å². The Labute approximate surface area is 165 Å². The Kier molecular flexibility index (Phi) is 5.28. The molecule has 3 rings (SSSR count). The largest absolute Gasteiger partial charge is 0.438 e. The minimum Gasteiger partial charge on any atom is -0.435 e. The standard InChI is InChI=1S/C17H12F6O6S/c18-16(19,20)15(17(21,22)23,8-30(25,26)27)29-14(24)12-6-2-3-9-10(12)4-1-5-11(9)13-7-28-13/h1-6,13H,7-8H2,(H,25,26,27). The highest BCUT2D eigenvalue weighted by atomic mass is 32.2. The Morgan fingerprint density at radius 3 is 2.07 bits per heavy atom. The quantitative estimate of drug-likeness (QED) is 0.317. The molecule has 30 heavy (non-hydrogen) atoms. The third-order valence-corrected chi connectivity index (χ3v) is 5.20. The molecule has 1 unspecified atom stereocenters. The molecule has 6 nitrogen and oxygen atoms in total. The molecule has 0 aliphatic carbocycles. The first-order valence-electron chi connectivity index (χ1n) is 8.11. The number of benzene rings is 2. The maximum Gasteiger partial charge on any atom is 0.438 e. The van der Waals surface area contributed by atoms with E-state index in [1.807, 2.05) is 0 Å². The fourth-order valence-corrected chi connectivity index (χ4v) is 3.86. The van der Waals surface area contributed by atoms with E-state index < -0.39 is 45.4 Å². The molecule has 164 valence electrons. The number of fused-ring (bicyclic) bond motifs is 1. The summed E-state index contributed by atoms with van der Waals surface area (Å²) in [6.45, 7) is 0.355. The maximum atomic E-state index is 13.4. The molecule has 0 aromatic heterocycles. The summed E-state index contributed by atoms with van der Waals surface area (Å²) in [5.74, 6) is -5.00. The monoisotopic (exact) mass is 458 g/mol. The number of epoxide rings is 1. The predicted octanol–water partition coefficient (Wildman–Crippen LogP) is 3.82. The Morgan fingerprint density at radius 1 is 1.03 bits per heavy atom. The topological polar surface area (TPSA) is 93.2 Å². The van der Waals surface area contributed by atoms with Crippen LogP contribution in [0.5, 0.6) is 0 Å². The van der Waals surface area contributed by atoms with Crippen molar-refractivity contribution in [3.63, 3.8) is 0 Å². The molecule has 1 fully saturated rings. The van der Waals surface area contributed by atoms with Crippen LogP contribution in [0.15, 0.2) is 36.4 Å². The molecule has 0 saturated carbocycles. The smallest absolute Gasteiger partial charge is 0.435 e. The normalized spacial score (nSPS) is 17.8.